The Morgan fingerprint density at radius 1 is 1.18 bits per heavy atom. The Bertz CT molecular complexity index is 226. The van der Waals surface area contributed by atoms with Gasteiger partial charge >= 0.3 is 0 Å². The molecule has 1 heterocycles. The molecule has 1 aliphatic heterocycles. The molecule has 0 N–H and O–H groups in total. The maximum absolute atomic E-state index is 2.46. The zero-order valence-electron chi connectivity index (χ0n) is 8.10. The van der Waals surface area contributed by atoms with Crippen molar-refractivity contribution < 1.29 is 0 Å². The van der Waals surface area contributed by atoms with Crippen LogP contribution in [0.15, 0.2) is 22.0 Å². The summed E-state index contributed by atoms with van der Waals surface area (Å²) in [4.78, 5) is 0. The molecular formula is C9H17NSi. The Kier molecular flexibility index (Phi) is 2.35. The van der Waals surface area contributed by atoms with Crippen LogP contribution in [0.3, 0.4) is 0 Å². The molecular weight excluding hydrogens is 150 g/mol. The zero-order chi connectivity index (χ0) is 8.59. The van der Waals surface area contributed by atoms with Gasteiger partial charge in [0.15, 0.2) is 8.96 Å². The summed E-state index contributed by atoms with van der Waals surface area (Å²) in [5.74, 6) is 0. The van der Waals surface area contributed by atoms with Crippen LogP contribution in [0.25, 0.3) is 0 Å². The van der Waals surface area contributed by atoms with E-state index in [4.69, 9.17) is 0 Å². The fraction of sp³-hybridized carbons (Fsp3) is 0.556. The van der Waals surface area contributed by atoms with Gasteiger partial charge in [-0.3, -0.25) is 0 Å². The molecule has 1 atom stereocenters. The van der Waals surface area contributed by atoms with Crippen molar-refractivity contribution >= 4 is 8.96 Å². The summed E-state index contributed by atoms with van der Waals surface area (Å²) < 4.78 is 2.38. The first-order valence-corrected chi connectivity index (χ1v) is 5.82. The highest BCUT2D eigenvalue weighted by Gasteiger charge is 2.21. The second-order valence-corrected chi connectivity index (χ2v) is 6.69. The van der Waals surface area contributed by atoms with Gasteiger partial charge in [-0.05, 0) is 34.9 Å². The minimum absolute atomic E-state index is 0.813. The molecule has 0 bridgehead atoms. The second-order valence-electron chi connectivity index (χ2n) is 3.57. The third-order valence-electron chi connectivity index (χ3n) is 2.59. The normalized spacial score (nSPS) is 24.9. The van der Waals surface area contributed by atoms with E-state index in [1.165, 1.54) is 11.1 Å². The Hall–Kier alpha value is -0.343. The lowest BCUT2D eigenvalue weighted by atomic mass is 10.1. The van der Waals surface area contributed by atoms with Gasteiger partial charge in [-0.15, -0.1) is 0 Å². The Balaban J connectivity index is 2.91. The average molecular weight is 167 g/mol. The molecule has 1 nitrogen and oxygen atoms in total. The molecule has 0 saturated carbocycles. The van der Waals surface area contributed by atoms with Crippen molar-refractivity contribution in [1.29, 1.82) is 0 Å². The molecule has 62 valence electrons. The number of hydrogen-bond acceptors (Lipinski definition) is 1. The van der Waals surface area contributed by atoms with Crippen molar-refractivity contribution in [2.24, 2.45) is 0 Å². The molecule has 0 aromatic rings. The molecule has 1 aliphatic rings. The lowest BCUT2D eigenvalue weighted by molar-refractivity contribution is 0.653. The van der Waals surface area contributed by atoms with E-state index in [-0.39, 0.29) is 0 Å². The van der Waals surface area contributed by atoms with E-state index in [0.29, 0.717) is 0 Å². The summed E-state index contributed by atoms with van der Waals surface area (Å²) in [5.41, 5.74) is 5.48. The molecule has 0 spiro atoms. The highest BCUT2D eigenvalue weighted by molar-refractivity contribution is 6.70. The van der Waals surface area contributed by atoms with E-state index >= 15 is 0 Å². The van der Waals surface area contributed by atoms with E-state index in [2.05, 4.69) is 45.1 Å². The van der Waals surface area contributed by atoms with Crippen molar-refractivity contribution in [3.8, 4) is 0 Å². The van der Waals surface area contributed by atoms with Gasteiger partial charge in [-0.2, -0.15) is 0 Å². The van der Waals surface area contributed by atoms with E-state index in [0.717, 1.165) is 0 Å². The third-order valence-corrected chi connectivity index (χ3v) is 5.84. The van der Waals surface area contributed by atoms with Gasteiger partial charge < -0.3 is 4.57 Å². The first-order valence-electron chi connectivity index (χ1n) is 4.06. The molecule has 0 aromatic carbocycles. The van der Waals surface area contributed by atoms with Crippen LogP contribution >= 0.6 is 0 Å². The topological polar surface area (TPSA) is 3.24 Å². The van der Waals surface area contributed by atoms with Crippen LogP contribution in [-0.2, 0) is 0 Å². The van der Waals surface area contributed by atoms with Crippen molar-refractivity contribution in [1.82, 2.24) is 4.57 Å². The summed E-state index contributed by atoms with van der Waals surface area (Å²) in [6.45, 7) is 6.73. The average Bonchev–Trinajstić information content (AvgIpc) is 2.17. The van der Waals surface area contributed by atoms with Gasteiger partial charge in [-0.25, -0.2) is 0 Å². The van der Waals surface area contributed by atoms with Gasteiger partial charge in [0.25, 0.3) is 0 Å². The van der Waals surface area contributed by atoms with E-state index in [1.807, 2.05) is 0 Å². The first kappa shape index (κ1) is 8.75. The molecule has 11 heavy (non-hydrogen) atoms. The highest BCUT2D eigenvalue weighted by Crippen LogP contribution is 2.24. The van der Waals surface area contributed by atoms with E-state index in [9.17, 15) is 0 Å². The number of allylic oxidation sites excluding steroid dienone is 3. The van der Waals surface area contributed by atoms with Crippen LogP contribution in [0.4, 0.5) is 0 Å². The molecule has 0 aliphatic carbocycles. The third kappa shape index (κ3) is 1.47. The largest absolute Gasteiger partial charge is 0.325 e. The molecule has 1 rings (SSSR count). The molecule has 0 aromatic heterocycles. The quantitative estimate of drug-likeness (QED) is 0.537. The summed E-state index contributed by atoms with van der Waals surface area (Å²) in [6.07, 6.45) is 0. The molecule has 1 unspecified atom stereocenters. The van der Waals surface area contributed by atoms with Crippen LogP contribution in [0.2, 0.25) is 0 Å². The fourth-order valence-electron chi connectivity index (χ4n) is 1.56. The monoisotopic (exact) mass is 167 g/mol. The van der Waals surface area contributed by atoms with Crippen LogP contribution in [0.5, 0.6) is 0 Å². The Morgan fingerprint density at radius 2 is 1.73 bits per heavy atom. The van der Waals surface area contributed by atoms with Crippen molar-refractivity contribution in [3.63, 3.8) is 0 Å². The van der Waals surface area contributed by atoms with Crippen molar-refractivity contribution in [3.05, 3.63) is 22.0 Å². The lowest BCUT2D eigenvalue weighted by Crippen LogP contribution is -2.31. The summed E-state index contributed by atoms with van der Waals surface area (Å²) in [7, 11) is 3.55. The van der Waals surface area contributed by atoms with E-state index in [1.54, 1.807) is 5.20 Å². The van der Waals surface area contributed by atoms with Gasteiger partial charge in [0.05, 0.1) is 0 Å². The highest BCUT2D eigenvalue weighted by atomic mass is 28.3. The summed E-state index contributed by atoms with van der Waals surface area (Å²) in [5, 5.41) is 1.63. The Morgan fingerprint density at radius 3 is 1.91 bits per heavy atom. The standard InChI is InChI=1S/C9H17NSi/c1-7-6-11(10(4)5)9(3)8(7)2/h6,11H,1-5H3. The second kappa shape index (κ2) is 2.95. The minimum Gasteiger partial charge on any atom is -0.325 e. The summed E-state index contributed by atoms with van der Waals surface area (Å²) >= 11 is 0. The number of rotatable bonds is 1. The predicted octanol–water partition coefficient (Wildman–Crippen LogP) is 1.65. The van der Waals surface area contributed by atoms with Crippen LogP contribution in [-0.4, -0.2) is 27.6 Å². The maximum Gasteiger partial charge on any atom is 0.164 e. The van der Waals surface area contributed by atoms with Crippen molar-refractivity contribution in [2.45, 2.75) is 20.8 Å². The first-order chi connectivity index (χ1) is 5.04. The molecule has 2 heteroatoms. The zero-order valence-corrected chi connectivity index (χ0v) is 9.26. The lowest BCUT2D eigenvalue weighted by Gasteiger charge is -2.17. The predicted molar refractivity (Wildman–Crippen MR) is 53.0 cm³/mol. The smallest absolute Gasteiger partial charge is 0.164 e. The van der Waals surface area contributed by atoms with Gasteiger partial charge in [-0.1, -0.05) is 22.0 Å². The Labute approximate surface area is 71.1 Å². The van der Waals surface area contributed by atoms with Crippen LogP contribution < -0.4 is 0 Å². The van der Waals surface area contributed by atoms with Crippen LogP contribution in [0.1, 0.15) is 20.8 Å². The minimum atomic E-state index is -0.813. The molecule has 0 saturated heterocycles. The van der Waals surface area contributed by atoms with Crippen LogP contribution in [0, 0.1) is 0 Å². The molecule has 0 fully saturated rings. The fourth-order valence-corrected chi connectivity index (χ4v) is 4.27. The summed E-state index contributed by atoms with van der Waals surface area (Å²) in [6, 6.07) is 0. The number of nitrogens with zero attached hydrogens (tertiary/aromatic N) is 1. The maximum atomic E-state index is 2.46. The number of hydrogen-bond donors (Lipinski definition) is 0. The molecule has 0 amide bonds. The van der Waals surface area contributed by atoms with E-state index < -0.39 is 8.96 Å². The van der Waals surface area contributed by atoms with Gasteiger partial charge in [0.1, 0.15) is 0 Å². The van der Waals surface area contributed by atoms with Crippen molar-refractivity contribution in [2.75, 3.05) is 14.1 Å². The van der Waals surface area contributed by atoms with Gasteiger partial charge in [0, 0.05) is 0 Å². The molecule has 0 radical (unpaired) electrons. The van der Waals surface area contributed by atoms with Gasteiger partial charge in [0.2, 0.25) is 0 Å². The SMILES string of the molecule is CC1=C[SiH](N(C)C)C(C)=C1C.